The van der Waals surface area contributed by atoms with Gasteiger partial charge in [-0.3, -0.25) is 4.90 Å². The lowest BCUT2D eigenvalue weighted by molar-refractivity contribution is 0.0568. The van der Waals surface area contributed by atoms with Gasteiger partial charge in [-0.25, -0.2) is 14.8 Å². The van der Waals surface area contributed by atoms with Gasteiger partial charge in [0.25, 0.3) is 0 Å². The summed E-state index contributed by atoms with van der Waals surface area (Å²) < 4.78 is 11.1. The van der Waals surface area contributed by atoms with Crippen LogP contribution in [-0.2, 0) is 4.74 Å². The average molecular weight is 371 g/mol. The summed E-state index contributed by atoms with van der Waals surface area (Å²) in [5.41, 5.74) is 1.80. The summed E-state index contributed by atoms with van der Waals surface area (Å²) in [5, 5.41) is 0. The molecule has 0 N–H and O–H groups in total. The van der Waals surface area contributed by atoms with Crippen LogP contribution in [0.2, 0.25) is 0 Å². The molecule has 2 heterocycles. The van der Waals surface area contributed by atoms with Gasteiger partial charge in [0, 0.05) is 6.07 Å². The van der Waals surface area contributed by atoms with Gasteiger partial charge in [-0.1, -0.05) is 39.6 Å². The predicted molar refractivity (Wildman–Crippen MR) is 106 cm³/mol. The second-order valence-corrected chi connectivity index (χ2v) is 7.40. The van der Waals surface area contributed by atoms with E-state index in [2.05, 4.69) is 19.2 Å². The maximum atomic E-state index is 12.5. The molecule has 6 nitrogen and oxygen atoms in total. The molecule has 0 spiro atoms. The normalized spacial score (nSPS) is 14.5. The molecule has 0 aliphatic carbocycles. The minimum absolute atomic E-state index is 0.398. The van der Waals surface area contributed by atoms with Crippen molar-refractivity contribution in [2.45, 2.75) is 26.4 Å². The number of aromatic nitrogens is 1. The fourth-order valence-corrected chi connectivity index (χ4v) is 2.80. The van der Waals surface area contributed by atoms with Crippen molar-refractivity contribution < 1.29 is 14.3 Å². The molecule has 136 valence electrons. The minimum atomic E-state index is -0.565. The van der Waals surface area contributed by atoms with Crippen LogP contribution in [0.5, 0.6) is 5.75 Å². The molecule has 2 aromatic rings. The van der Waals surface area contributed by atoms with Crippen molar-refractivity contribution in [2.75, 3.05) is 18.1 Å². The lowest BCUT2D eigenvalue weighted by Crippen LogP contribution is -2.41. The number of pyridine rings is 1. The van der Waals surface area contributed by atoms with E-state index in [-0.39, 0.29) is 0 Å². The van der Waals surface area contributed by atoms with E-state index in [0.29, 0.717) is 30.4 Å². The van der Waals surface area contributed by atoms with Gasteiger partial charge in [0.2, 0.25) is 0 Å². The summed E-state index contributed by atoms with van der Waals surface area (Å²) in [5.74, 6) is 1.04. The summed E-state index contributed by atoms with van der Waals surface area (Å²) in [7, 11) is 2.62. The van der Waals surface area contributed by atoms with Crippen LogP contribution in [0.25, 0.3) is 0 Å². The van der Waals surface area contributed by atoms with E-state index in [1.165, 1.54) is 0 Å². The number of rotatable bonds is 2. The largest absolute Gasteiger partial charge is 0.488 e. The summed E-state index contributed by atoms with van der Waals surface area (Å²) in [4.78, 5) is 22.9. The molecule has 1 aliphatic heterocycles. The Hall–Kier alpha value is -2.46. The van der Waals surface area contributed by atoms with Gasteiger partial charge in [-0.2, -0.15) is 0 Å². The maximum absolute atomic E-state index is 12.5. The first-order valence-electron chi connectivity index (χ1n) is 8.36. The number of benzene rings is 1. The van der Waals surface area contributed by atoms with Crippen LogP contribution in [-0.4, -0.2) is 35.3 Å². The number of anilines is 1. The first-order chi connectivity index (χ1) is 12.3. The standard InChI is InChI=1S/C19H22N3O3P/c1-19(2,3)25-18(23)22-9-10-24-15-12-20-16(11-14(15)22)21-17(26)13-7-5-4-6-8-13/h4-8,11-12H,9-10,26H2,1-3H3/b21-17-. The van der Waals surface area contributed by atoms with Gasteiger partial charge >= 0.3 is 6.09 Å². The van der Waals surface area contributed by atoms with Crippen molar-refractivity contribution >= 4 is 32.3 Å². The number of amides is 1. The quantitative estimate of drug-likeness (QED) is 0.587. The van der Waals surface area contributed by atoms with E-state index >= 15 is 0 Å². The third-order valence-corrected chi connectivity index (χ3v) is 4.08. The molecule has 1 amide bonds. The van der Waals surface area contributed by atoms with Crippen molar-refractivity contribution in [3.8, 4) is 5.75 Å². The second kappa shape index (κ2) is 7.42. The molecule has 1 aromatic heterocycles. The van der Waals surface area contributed by atoms with E-state index in [9.17, 15) is 4.79 Å². The molecule has 7 heteroatoms. The zero-order valence-electron chi connectivity index (χ0n) is 15.1. The molecule has 26 heavy (non-hydrogen) atoms. The molecule has 0 saturated heterocycles. The van der Waals surface area contributed by atoms with Crippen molar-refractivity contribution in [1.29, 1.82) is 0 Å². The monoisotopic (exact) mass is 371 g/mol. The Kier molecular flexibility index (Phi) is 5.23. The third-order valence-electron chi connectivity index (χ3n) is 3.61. The molecule has 3 rings (SSSR count). The summed E-state index contributed by atoms with van der Waals surface area (Å²) in [6.45, 7) is 6.34. The highest BCUT2D eigenvalue weighted by Gasteiger charge is 2.28. The topological polar surface area (TPSA) is 64.0 Å². The highest BCUT2D eigenvalue weighted by atomic mass is 31.0. The number of nitrogens with zero attached hydrogens (tertiary/aromatic N) is 3. The van der Waals surface area contributed by atoms with Crippen LogP contribution in [0.15, 0.2) is 47.6 Å². The summed E-state index contributed by atoms with van der Waals surface area (Å²) >= 11 is 0. The molecule has 0 saturated carbocycles. The Morgan fingerprint density at radius 3 is 2.73 bits per heavy atom. The Labute approximate surface area is 155 Å². The van der Waals surface area contributed by atoms with Crippen LogP contribution >= 0.6 is 9.24 Å². The van der Waals surface area contributed by atoms with Gasteiger partial charge in [0.1, 0.15) is 12.2 Å². The van der Waals surface area contributed by atoms with Crippen LogP contribution in [0.1, 0.15) is 26.3 Å². The smallest absolute Gasteiger partial charge is 0.415 e. The van der Waals surface area contributed by atoms with Crippen molar-refractivity contribution in [3.05, 3.63) is 48.2 Å². The summed E-state index contributed by atoms with van der Waals surface area (Å²) in [6, 6.07) is 11.5. The number of fused-ring (bicyclic) bond motifs is 1. The zero-order valence-corrected chi connectivity index (χ0v) is 16.3. The fourth-order valence-electron chi connectivity index (χ4n) is 2.48. The number of hydrogen-bond donors (Lipinski definition) is 0. The zero-order chi connectivity index (χ0) is 18.7. The van der Waals surface area contributed by atoms with Gasteiger partial charge in [-0.15, -0.1) is 0 Å². The Morgan fingerprint density at radius 1 is 1.31 bits per heavy atom. The van der Waals surface area contributed by atoms with Gasteiger partial charge in [-0.05, 0) is 26.3 Å². The number of carbonyl (C=O) groups excluding carboxylic acids is 1. The number of ether oxygens (including phenoxy) is 2. The number of carbonyl (C=O) groups is 1. The van der Waals surface area contributed by atoms with E-state index in [1.54, 1.807) is 17.2 Å². The lowest BCUT2D eigenvalue weighted by atomic mass is 10.2. The molecular formula is C19H22N3O3P. The van der Waals surface area contributed by atoms with Crippen LogP contribution < -0.4 is 9.64 Å². The molecular weight excluding hydrogens is 349 g/mol. The first kappa shape index (κ1) is 18.3. The van der Waals surface area contributed by atoms with Crippen molar-refractivity contribution in [1.82, 2.24) is 4.98 Å². The predicted octanol–water partition coefficient (Wildman–Crippen LogP) is 4.17. The lowest BCUT2D eigenvalue weighted by Gasteiger charge is -2.31. The molecule has 1 aromatic carbocycles. The highest BCUT2D eigenvalue weighted by molar-refractivity contribution is 7.42. The summed E-state index contributed by atoms with van der Waals surface area (Å²) in [6.07, 6.45) is 1.19. The highest BCUT2D eigenvalue weighted by Crippen LogP contribution is 2.34. The van der Waals surface area contributed by atoms with Crippen LogP contribution in [0, 0.1) is 0 Å². The molecule has 1 aliphatic rings. The first-order valence-corrected chi connectivity index (χ1v) is 8.94. The molecule has 0 fully saturated rings. The van der Waals surface area contributed by atoms with Crippen molar-refractivity contribution in [2.24, 2.45) is 4.99 Å². The average Bonchev–Trinajstić information content (AvgIpc) is 2.60. The molecule has 1 unspecified atom stereocenters. The molecule has 0 radical (unpaired) electrons. The maximum Gasteiger partial charge on any atom is 0.415 e. The SMILES string of the molecule is CC(C)(C)OC(=O)N1CCOc2cnc(/N=C(\P)c3ccccc3)cc21. The van der Waals surface area contributed by atoms with E-state index in [4.69, 9.17) is 9.47 Å². The Bertz CT molecular complexity index is 832. The second-order valence-electron chi connectivity index (χ2n) is 6.85. The van der Waals surface area contributed by atoms with Gasteiger partial charge < -0.3 is 9.47 Å². The van der Waals surface area contributed by atoms with E-state index in [0.717, 1.165) is 11.0 Å². The molecule has 1 atom stereocenters. The van der Waals surface area contributed by atoms with Crippen LogP contribution in [0.4, 0.5) is 16.3 Å². The fraction of sp³-hybridized carbons (Fsp3) is 0.316. The molecule has 0 bridgehead atoms. The van der Waals surface area contributed by atoms with E-state index < -0.39 is 11.7 Å². The van der Waals surface area contributed by atoms with Crippen molar-refractivity contribution in [3.63, 3.8) is 0 Å². The van der Waals surface area contributed by atoms with Gasteiger partial charge in [0.05, 0.1) is 23.9 Å². The van der Waals surface area contributed by atoms with Gasteiger partial charge in [0.15, 0.2) is 11.6 Å². The third kappa shape index (κ3) is 4.38. The Morgan fingerprint density at radius 2 is 2.04 bits per heavy atom. The number of aliphatic imine (C=N–C) groups is 1. The van der Waals surface area contributed by atoms with Crippen LogP contribution in [0.3, 0.4) is 0 Å². The van der Waals surface area contributed by atoms with E-state index in [1.807, 2.05) is 51.1 Å². The number of hydrogen-bond acceptors (Lipinski definition) is 5. The Balaban J connectivity index is 1.91. The minimum Gasteiger partial charge on any atom is -0.488 e.